The Morgan fingerprint density at radius 2 is 1.74 bits per heavy atom. The lowest BCUT2D eigenvalue weighted by molar-refractivity contribution is -0.142. The van der Waals surface area contributed by atoms with Crippen molar-refractivity contribution in [2.75, 3.05) is 33.2 Å². The molecule has 0 bridgehead atoms. The topological polar surface area (TPSA) is 83.1 Å². The van der Waals surface area contributed by atoms with E-state index in [4.69, 9.17) is 39.5 Å². The summed E-state index contributed by atoms with van der Waals surface area (Å²) in [6.45, 7) is 3.97. The second-order valence-corrected chi connectivity index (χ2v) is 12.2. The molecule has 0 spiro atoms. The van der Waals surface area contributed by atoms with Crippen molar-refractivity contribution in [2.45, 2.75) is 44.6 Å². The Hall–Kier alpha value is -2.55. The van der Waals surface area contributed by atoms with Crippen LogP contribution in [-0.4, -0.2) is 76.9 Å². The lowest BCUT2D eigenvalue weighted by Gasteiger charge is -2.34. The normalized spacial score (nSPS) is 22.5. The molecule has 2 aliphatic heterocycles. The van der Waals surface area contributed by atoms with E-state index in [1.807, 2.05) is 22.8 Å². The first-order valence-corrected chi connectivity index (χ1v) is 14.3. The molecular formula is C28H31Cl3N4O4. The lowest BCUT2D eigenvalue weighted by atomic mass is 9.93. The van der Waals surface area contributed by atoms with Crippen LogP contribution in [0.4, 0.5) is 4.79 Å². The summed E-state index contributed by atoms with van der Waals surface area (Å²) in [6.07, 6.45) is 4.07. The standard InChI is InChI=1S/C28H31Cl3N4O4/c1-28(9-10-28)26(37)34-12-7-17(8-13-34)25(36)35-15-19(18-5-6-20(29)21(30)14-18)22(16-35)33(2)27(38)39-23-4-3-11-32-24(23)31/h3-6,11,14,17,19,22H,7-10,12-13,15-16H2,1-2H3/t19-,22+/m0/s1. The van der Waals surface area contributed by atoms with Crippen molar-refractivity contribution in [3.63, 3.8) is 0 Å². The first-order valence-electron chi connectivity index (χ1n) is 13.2. The fourth-order valence-corrected chi connectivity index (χ4v) is 6.01. The van der Waals surface area contributed by atoms with Gasteiger partial charge in [0, 0.05) is 56.7 Å². The van der Waals surface area contributed by atoms with Gasteiger partial charge in [0.05, 0.1) is 16.1 Å². The molecule has 3 aliphatic rings. The summed E-state index contributed by atoms with van der Waals surface area (Å²) in [5.74, 6) is 0.0461. The Kier molecular flexibility index (Phi) is 8.00. The van der Waals surface area contributed by atoms with E-state index >= 15 is 0 Å². The molecule has 1 saturated carbocycles. The molecule has 2 saturated heterocycles. The van der Waals surface area contributed by atoms with Gasteiger partial charge in [-0.05, 0) is 55.5 Å². The summed E-state index contributed by atoms with van der Waals surface area (Å²) < 4.78 is 5.53. The molecule has 3 heterocycles. The highest BCUT2D eigenvalue weighted by atomic mass is 35.5. The van der Waals surface area contributed by atoms with Gasteiger partial charge < -0.3 is 19.4 Å². The van der Waals surface area contributed by atoms with Gasteiger partial charge in [-0.1, -0.05) is 47.8 Å². The zero-order valence-corrected chi connectivity index (χ0v) is 24.2. The second kappa shape index (κ2) is 11.1. The van der Waals surface area contributed by atoms with Crippen LogP contribution < -0.4 is 4.74 Å². The van der Waals surface area contributed by atoms with Crippen molar-refractivity contribution in [3.05, 3.63) is 57.3 Å². The Balaban J connectivity index is 1.31. The van der Waals surface area contributed by atoms with Gasteiger partial charge in [-0.3, -0.25) is 9.59 Å². The zero-order valence-electron chi connectivity index (χ0n) is 21.9. The largest absolute Gasteiger partial charge is 0.415 e. The third-order valence-electron chi connectivity index (χ3n) is 8.33. The fraction of sp³-hybridized carbons (Fsp3) is 0.500. The van der Waals surface area contributed by atoms with Crippen molar-refractivity contribution >= 4 is 52.7 Å². The number of pyridine rings is 1. The molecule has 1 aromatic carbocycles. The Bertz CT molecular complexity index is 1280. The van der Waals surface area contributed by atoms with E-state index in [9.17, 15) is 14.4 Å². The number of hydrogen-bond donors (Lipinski definition) is 0. The predicted octanol–water partition coefficient (Wildman–Crippen LogP) is 5.51. The van der Waals surface area contributed by atoms with E-state index in [0.29, 0.717) is 49.1 Å². The van der Waals surface area contributed by atoms with E-state index in [2.05, 4.69) is 4.98 Å². The van der Waals surface area contributed by atoms with Gasteiger partial charge in [0.15, 0.2) is 10.9 Å². The van der Waals surface area contributed by atoms with Crippen molar-refractivity contribution in [1.82, 2.24) is 19.7 Å². The number of amides is 3. The molecule has 3 fully saturated rings. The number of carbonyl (C=O) groups excluding carboxylic acids is 3. The SMILES string of the molecule is CN(C(=O)Oc1cccnc1Cl)[C@@H]1CN(C(=O)C2CCN(C(=O)C3(C)CC3)CC2)C[C@H]1c1ccc(Cl)c(Cl)c1. The smallest absolute Gasteiger partial charge is 0.407 e. The van der Waals surface area contributed by atoms with Crippen LogP contribution in [0.25, 0.3) is 0 Å². The van der Waals surface area contributed by atoms with E-state index in [1.54, 1.807) is 31.3 Å². The van der Waals surface area contributed by atoms with Crippen molar-refractivity contribution < 1.29 is 19.1 Å². The molecule has 1 aliphatic carbocycles. The molecule has 11 heteroatoms. The van der Waals surface area contributed by atoms with Gasteiger partial charge in [0.2, 0.25) is 11.8 Å². The van der Waals surface area contributed by atoms with Crippen molar-refractivity contribution in [3.8, 4) is 5.75 Å². The van der Waals surface area contributed by atoms with Gasteiger partial charge >= 0.3 is 6.09 Å². The van der Waals surface area contributed by atoms with Crippen molar-refractivity contribution in [1.29, 1.82) is 0 Å². The van der Waals surface area contributed by atoms with Gasteiger partial charge in [0.1, 0.15) is 0 Å². The summed E-state index contributed by atoms with van der Waals surface area (Å²) >= 11 is 18.6. The quantitative estimate of drug-likeness (QED) is 0.427. The lowest BCUT2D eigenvalue weighted by Crippen LogP contribution is -2.46. The number of ether oxygens (including phenoxy) is 1. The number of aromatic nitrogens is 1. The van der Waals surface area contributed by atoms with Gasteiger partial charge in [-0.15, -0.1) is 0 Å². The molecule has 0 unspecified atom stereocenters. The van der Waals surface area contributed by atoms with E-state index in [0.717, 1.165) is 18.4 Å². The molecule has 3 amide bonds. The first kappa shape index (κ1) is 28.0. The van der Waals surface area contributed by atoms with Crippen LogP contribution in [-0.2, 0) is 9.59 Å². The van der Waals surface area contributed by atoms with Crippen LogP contribution in [0.15, 0.2) is 36.5 Å². The fourth-order valence-electron chi connectivity index (χ4n) is 5.55. The molecule has 1 aromatic heterocycles. The monoisotopic (exact) mass is 592 g/mol. The average Bonchev–Trinajstić information content (AvgIpc) is 3.53. The molecule has 0 radical (unpaired) electrons. The highest BCUT2D eigenvalue weighted by molar-refractivity contribution is 6.42. The number of rotatable bonds is 5. The van der Waals surface area contributed by atoms with Crippen LogP contribution in [0.2, 0.25) is 15.2 Å². The van der Waals surface area contributed by atoms with E-state index < -0.39 is 6.09 Å². The van der Waals surface area contributed by atoms with Crippen LogP contribution in [0.3, 0.4) is 0 Å². The maximum Gasteiger partial charge on any atom is 0.415 e. The Morgan fingerprint density at radius 3 is 2.38 bits per heavy atom. The third-order valence-corrected chi connectivity index (χ3v) is 9.35. The molecule has 0 N–H and O–H groups in total. The number of nitrogens with zero attached hydrogens (tertiary/aromatic N) is 4. The van der Waals surface area contributed by atoms with E-state index in [1.165, 1.54) is 11.1 Å². The van der Waals surface area contributed by atoms with Gasteiger partial charge in [-0.25, -0.2) is 9.78 Å². The highest BCUT2D eigenvalue weighted by Crippen LogP contribution is 2.47. The van der Waals surface area contributed by atoms with Crippen LogP contribution >= 0.6 is 34.8 Å². The molecule has 208 valence electrons. The summed E-state index contributed by atoms with van der Waals surface area (Å²) in [5, 5.41) is 0.929. The zero-order chi connectivity index (χ0) is 27.9. The molecular weight excluding hydrogens is 563 g/mol. The van der Waals surface area contributed by atoms with Crippen LogP contribution in [0.5, 0.6) is 5.75 Å². The number of hydrogen-bond acceptors (Lipinski definition) is 5. The number of carbonyl (C=O) groups is 3. The highest BCUT2D eigenvalue weighted by Gasteiger charge is 2.48. The minimum atomic E-state index is -0.602. The average molecular weight is 594 g/mol. The number of halogens is 3. The first-order chi connectivity index (χ1) is 18.6. The van der Waals surface area contributed by atoms with Gasteiger partial charge in [-0.2, -0.15) is 0 Å². The molecule has 2 atom stereocenters. The summed E-state index contributed by atoms with van der Waals surface area (Å²) in [5.41, 5.74) is 0.674. The van der Waals surface area contributed by atoms with E-state index in [-0.39, 0.29) is 46.0 Å². The van der Waals surface area contributed by atoms with Crippen molar-refractivity contribution in [2.24, 2.45) is 11.3 Å². The maximum atomic E-state index is 13.7. The Labute approximate surface area is 243 Å². The van der Waals surface area contributed by atoms with Crippen LogP contribution in [0, 0.1) is 11.3 Å². The van der Waals surface area contributed by atoms with Crippen LogP contribution in [0.1, 0.15) is 44.1 Å². The minimum absolute atomic E-state index is 0.0457. The Morgan fingerprint density at radius 1 is 1.03 bits per heavy atom. The maximum absolute atomic E-state index is 13.7. The molecule has 39 heavy (non-hydrogen) atoms. The summed E-state index contributed by atoms with van der Waals surface area (Å²) in [4.78, 5) is 48.8. The summed E-state index contributed by atoms with van der Waals surface area (Å²) in [6, 6.07) is 8.22. The molecule has 8 nitrogen and oxygen atoms in total. The number of benzene rings is 1. The second-order valence-electron chi connectivity index (χ2n) is 11.0. The number of likely N-dealkylation sites (N-methyl/N-ethyl adjacent to an activating group) is 1. The van der Waals surface area contributed by atoms with Gasteiger partial charge in [0.25, 0.3) is 0 Å². The minimum Gasteiger partial charge on any atom is -0.407 e. The summed E-state index contributed by atoms with van der Waals surface area (Å²) in [7, 11) is 1.65. The third kappa shape index (κ3) is 5.83. The number of likely N-dealkylation sites (tertiary alicyclic amines) is 2. The molecule has 2 aromatic rings. The molecule has 5 rings (SSSR count). The predicted molar refractivity (Wildman–Crippen MR) is 149 cm³/mol. The number of piperidine rings is 1.